The Morgan fingerprint density at radius 1 is 1.30 bits per heavy atom. The number of para-hydroxylation sites is 1. The van der Waals surface area contributed by atoms with Crippen molar-refractivity contribution in [3.63, 3.8) is 0 Å². The van der Waals surface area contributed by atoms with Gasteiger partial charge in [-0.2, -0.15) is 0 Å². The fourth-order valence-corrected chi connectivity index (χ4v) is 4.83. The Hall–Kier alpha value is -2.18. The second-order valence-electron chi connectivity index (χ2n) is 6.97. The molecule has 27 heavy (non-hydrogen) atoms. The van der Waals surface area contributed by atoms with Crippen molar-refractivity contribution in [2.75, 3.05) is 11.9 Å². The number of hydrogen-bond acceptors (Lipinski definition) is 5. The van der Waals surface area contributed by atoms with Crippen LogP contribution in [0.5, 0.6) is 5.75 Å². The van der Waals surface area contributed by atoms with Crippen molar-refractivity contribution in [1.29, 1.82) is 0 Å². The first-order chi connectivity index (χ1) is 13.1. The second-order valence-corrected chi connectivity index (χ2v) is 8.08. The van der Waals surface area contributed by atoms with Gasteiger partial charge in [-0.3, -0.25) is 9.59 Å². The molecular formula is C21H23NO4S. The number of carbonyl (C=O) groups excluding carboxylic acids is 2. The maximum Gasteiger partial charge on any atom is 0.260 e. The van der Waals surface area contributed by atoms with Gasteiger partial charge in [-0.1, -0.05) is 18.6 Å². The van der Waals surface area contributed by atoms with Crippen molar-refractivity contribution in [2.45, 2.75) is 45.8 Å². The Morgan fingerprint density at radius 2 is 2.07 bits per heavy atom. The first kappa shape index (κ1) is 18.2. The summed E-state index contributed by atoms with van der Waals surface area (Å²) in [7, 11) is 0. The van der Waals surface area contributed by atoms with E-state index in [9.17, 15) is 9.59 Å². The number of anilines is 1. The van der Waals surface area contributed by atoms with Crippen molar-refractivity contribution >= 4 is 28.0 Å². The highest BCUT2D eigenvalue weighted by Crippen LogP contribution is 2.46. The van der Waals surface area contributed by atoms with Crippen LogP contribution in [-0.4, -0.2) is 18.3 Å². The van der Waals surface area contributed by atoms with Crippen molar-refractivity contribution in [1.82, 2.24) is 0 Å². The fraction of sp³-hybridized carbons (Fsp3) is 0.429. The van der Waals surface area contributed by atoms with E-state index in [1.54, 1.807) is 12.1 Å². The van der Waals surface area contributed by atoms with Gasteiger partial charge in [-0.15, -0.1) is 11.3 Å². The van der Waals surface area contributed by atoms with Gasteiger partial charge in [0.2, 0.25) is 0 Å². The summed E-state index contributed by atoms with van der Waals surface area (Å²) < 4.78 is 11.3. The van der Waals surface area contributed by atoms with Crippen molar-refractivity contribution in [2.24, 2.45) is 5.92 Å². The van der Waals surface area contributed by atoms with Crippen LogP contribution in [0.25, 0.3) is 0 Å². The molecule has 1 saturated carbocycles. The minimum absolute atomic E-state index is 0.0721. The fourth-order valence-electron chi connectivity index (χ4n) is 3.63. The van der Waals surface area contributed by atoms with Gasteiger partial charge >= 0.3 is 0 Å². The second kappa shape index (κ2) is 7.44. The number of ketones is 1. The molecule has 6 heteroatoms. The van der Waals surface area contributed by atoms with Gasteiger partial charge in [0, 0.05) is 16.4 Å². The monoisotopic (exact) mass is 385 g/mol. The molecule has 1 fully saturated rings. The summed E-state index contributed by atoms with van der Waals surface area (Å²) in [5, 5.41) is 3.62. The minimum atomic E-state index is -0.254. The van der Waals surface area contributed by atoms with E-state index in [4.69, 9.17) is 9.47 Å². The molecule has 1 amide bonds. The molecule has 0 spiro atoms. The van der Waals surface area contributed by atoms with Gasteiger partial charge in [0.1, 0.15) is 10.8 Å². The summed E-state index contributed by atoms with van der Waals surface area (Å²) in [6.07, 6.45) is 2.84. The summed E-state index contributed by atoms with van der Waals surface area (Å²) in [6.45, 7) is 4.83. The van der Waals surface area contributed by atoms with Gasteiger partial charge in [0.25, 0.3) is 5.91 Å². The van der Waals surface area contributed by atoms with E-state index < -0.39 is 0 Å². The summed E-state index contributed by atoms with van der Waals surface area (Å²) >= 11 is 1.46. The predicted octanol–water partition coefficient (Wildman–Crippen LogP) is 4.97. The van der Waals surface area contributed by atoms with Crippen LogP contribution in [-0.2, 0) is 11.3 Å². The lowest BCUT2D eigenvalue weighted by molar-refractivity contribution is 0.0766. The minimum Gasteiger partial charge on any atom is -0.493 e. The van der Waals surface area contributed by atoms with Gasteiger partial charge in [0.15, 0.2) is 5.78 Å². The number of fused-ring (bicyclic) bond motifs is 1. The van der Waals surface area contributed by atoms with E-state index in [2.05, 4.69) is 5.32 Å². The Bertz CT molecular complexity index is 884. The van der Waals surface area contributed by atoms with Crippen LogP contribution in [0.3, 0.4) is 0 Å². The molecule has 5 nitrogen and oxygen atoms in total. The first-order valence-electron chi connectivity index (χ1n) is 9.44. The molecule has 1 aliphatic heterocycles. The maximum atomic E-state index is 13.1. The summed E-state index contributed by atoms with van der Waals surface area (Å²) in [5.74, 6) is 0.507. The largest absolute Gasteiger partial charge is 0.493 e. The number of hydrogen-bond donors (Lipinski definition) is 1. The Morgan fingerprint density at radius 3 is 2.78 bits per heavy atom. The lowest BCUT2D eigenvalue weighted by atomic mass is 9.79. The third kappa shape index (κ3) is 3.28. The van der Waals surface area contributed by atoms with Crippen molar-refractivity contribution < 1.29 is 19.1 Å². The molecule has 1 atom stereocenters. The Balaban J connectivity index is 1.67. The molecule has 0 radical (unpaired) electrons. The van der Waals surface area contributed by atoms with E-state index in [0.717, 1.165) is 29.7 Å². The maximum absolute atomic E-state index is 13.1. The van der Waals surface area contributed by atoms with Crippen LogP contribution in [0.2, 0.25) is 0 Å². The number of benzene rings is 1. The number of carbonyl (C=O) groups is 2. The van der Waals surface area contributed by atoms with E-state index >= 15 is 0 Å². The number of amides is 1. The lowest BCUT2D eigenvalue weighted by Crippen LogP contribution is -2.24. The first-order valence-corrected chi connectivity index (χ1v) is 10.3. The highest BCUT2D eigenvalue weighted by atomic mass is 32.1. The van der Waals surface area contributed by atoms with Crippen LogP contribution in [0.1, 0.15) is 70.4 Å². The highest BCUT2D eigenvalue weighted by molar-refractivity contribution is 7.17. The number of thiophene rings is 1. The third-order valence-electron chi connectivity index (χ3n) is 5.27. The smallest absolute Gasteiger partial charge is 0.260 e. The highest BCUT2D eigenvalue weighted by Gasteiger charge is 2.36. The molecule has 2 heterocycles. The average Bonchev–Trinajstić information content (AvgIpc) is 3.13. The van der Waals surface area contributed by atoms with E-state index in [1.807, 2.05) is 26.0 Å². The quantitative estimate of drug-likeness (QED) is 0.713. The van der Waals surface area contributed by atoms with Crippen molar-refractivity contribution in [3.8, 4) is 5.75 Å². The van der Waals surface area contributed by atoms with Gasteiger partial charge in [-0.25, -0.2) is 0 Å². The zero-order valence-corrected chi connectivity index (χ0v) is 16.4. The molecule has 1 aliphatic carbocycles. The zero-order chi connectivity index (χ0) is 19.0. The predicted molar refractivity (Wildman–Crippen MR) is 105 cm³/mol. The Labute approximate surface area is 162 Å². The molecule has 1 aromatic carbocycles. The molecule has 4 rings (SSSR count). The van der Waals surface area contributed by atoms with E-state index in [1.165, 1.54) is 11.3 Å². The zero-order valence-electron chi connectivity index (χ0n) is 15.5. The number of ether oxygens (including phenoxy) is 2. The molecule has 2 aromatic rings. The molecule has 0 bridgehead atoms. The molecular weight excluding hydrogens is 362 g/mol. The average molecular weight is 385 g/mol. The molecule has 1 N–H and O–H groups in total. The summed E-state index contributed by atoms with van der Waals surface area (Å²) in [6, 6.07) is 7.16. The number of nitrogens with one attached hydrogen (secondary N) is 1. The van der Waals surface area contributed by atoms with Gasteiger partial charge in [-0.05, 0) is 38.8 Å². The summed E-state index contributed by atoms with van der Waals surface area (Å²) in [4.78, 5) is 27.0. The third-order valence-corrected chi connectivity index (χ3v) is 6.37. The van der Waals surface area contributed by atoms with E-state index in [0.29, 0.717) is 35.1 Å². The summed E-state index contributed by atoms with van der Waals surface area (Å²) in [5.41, 5.74) is 2.09. The SMILES string of the molecule is CCOc1ccccc1C(=O)Nc1sc2c(c1C(=O)C1CCC1)C(C)OC2. The lowest BCUT2D eigenvalue weighted by Gasteiger charge is -2.25. The molecule has 2 aliphatic rings. The molecule has 142 valence electrons. The van der Waals surface area contributed by atoms with Crippen molar-refractivity contribution in [3.05, 3.63) is 45.8 Å². The molecule has 1 unspecified atom stereocenters. The van der Waals surface area contributed by atoms with Crippen LogP contribution in [0, 0.1) is 5.92 Å². The van der Waals surface area contributed by atoms with Crippen LogP contribution < -0.4 is 10.1 Å². The van der Waals surface area contributed by atoms with Gasteiger partial charge < -0.3 is 14.8 Å². The number of rotatable bonds is 6. The van der Waals surface area contributed by atoms with E-state index in [-0.39, 0.29) is 23.7 Å². The number of Topliss-reactive ketones (excluding diaryl/α,β-unsaturated/α-hetero) is 1. The molecule has 1 aromatic heterocycles. The normalized spacial score (nSPS) is 18.7. The van der Waals surface area contributed by atoms with Crippen LogP contribution >= 0.6 is 11.3 Å². The Kier molecular flexibility index (Phi) is 5.02. The molecule has 0 saturated heterocycles. The van der Waals surface area contributed by atoms with Crippen LogP contribution in [0.4, 0.5) is 5.00 Å². The van der Waals surface area contributed by atoms with Crippen LogP contribution in [0.15, 0.2) is 24.3 Å². The topological polar surface area (TPSA) is 64.6 Å². The standard InChI is InChI=1S/C21H23NO4S/c1-3-25-15-10-5-4-9-14(15)20(24)22-21-18(19(23)13-7-6-8-13)17-12(2)26-11-16(17)27-21/h4-5,9-10,12-13H,3,6-8,11H2,1-2H3,(H,22,24). The van der Waals surface area contributed by atoms with Gasteiger partial charge in [0.05, 0.1) is 30.4 Å².